The van der Waals surface area contributed by atoms with Crippen LogP contribution < -0.4 is 5.32 Å². The number of aliphatic carboxylic acids is 1. The molecule has 0 aromatic rings. The topological polar surface area (TPSA) is 89.9 Å². The van der Waals surface area contributed by atoms with E-state index in [1.54, 1.807) is 17.1 Å². The van der Waals surface area contributed by atoms with Crippen molar-refractivity contribution in [2.45, 2.75) is 45.2 Å². The fourth-order valence-electron chi connectivity index (χ4n) is 2.52. The fraction of sp³-hybridized carbons (Fsp3) is 0.714. The molecule has 0 aromatic carbocycles. The summed E-state index contributed by atoms with van der Waals surface area (Å²) in [6, 6.07) is -0.407. The minimum atomic E-state index is -0.870. The van der Waals surface area contributed by atoms with Crippen LogP contribution in [0.4, 0.5) is 4.79 Å². The monoisotopic (exact) mass is 284 g/mol. The Labute approximate surface area is 119 Å². The van der Waals surface area contributed by atoms with Crippen molar-refractivity contribution in [3.63, 3.8) is 0 Å². The van der Waals surface area contributed by atoms with Gasteiger partial charge in [0.05, 0.1) is 18.6 Å². The maximum absolute atomic E-state index is 12.2. The van der Waals surface area contributed by atoms with E-state index in [-0.39, 0.29) is 31.3 Å². The molecule has 0 fully saturated rings. The average Bonchev–Trinajstić information content (AvgIpc) is 2.87. The summed E-state index contributed by atoms with van der Waals surface area (Å²) < 4.78 is 0. The number of nitrogens with zero attached hydrogens (tertiary/aromatic N) is 1. The van der Waals surface area contributed by atoms with Gasteiger partial charge in [0.15, 0.2) is 0 Å². The molecular weight excluding hydrogens is 260 g/mol. The lowest BCUT2D eigenvalue weighted by atomic mass is 10.1. The summed E-state index contributed by atoms with van der Waals surface area (Å²) in [5.41, 5.74) is 0. The average molecular weight is 284 g/mol. The van der Waals surface area contributed by atoms with Crippen molar-refractivity contribution in [3.8, 4) is 0 Å². The predicted molar refractivity (Wildman–Crippen MR) is 75.4 cm³/mol. The zero-order chi connectivity index (χ0) is 15.1. The molecule has 0 saturated carbocycles. The number of nitrogens with one attached hydrogen (secondary N) is 1. The van der Waals surface area contributed by atoms with E-state index in [2.05, 4.69) is 5.32 Å². The Morgan fingerprint density at radius 2 is 2.00 bits per heavy atom. The molecule has 0 radical (unpaired) electrons. The maximum Gasteiger partial charge on any atom is 0.318 e. The molecule has 1 rings (SSSR count). The third-order valence-electron chi connectivity index (χ3n) is 3.69. The van der Waals surface area contributed by atoms with Crippen LogP contribution in [-0.2, 0) is 4.79 Å². The third-order valence-corrected chi connectivity index (χ3v) is 3.69. The first-order valence-electron chi connectivity index (χ1n) is 7.12. The van der Waals surface area contributed by atoms with Gasteiger partial charge in [-0.2, -0.15) is 0 Å². The van der Waals surface area contributed by atoms with Gasteiger partial charge < -0.3 is 20.4 Å². The Hall–Kier alpha value is -1.56. The SMILES string of the molecule is CCC(CC)N(CCO)C(=O)NC1C=CC(C(=O)O)C1. The van der Waals surface area contributed by atoms with Gasteiger partial charge in [0.1, 0.15) is 0 Å². The van der Waals surface area contributed by atoms with Crippen molar-refractivity contribution in [1.82, 2.24) is 10.2 Å². The zero-order valence-corrected chi connectivity index (χ0v) is 12.1. The third kappa shape index (κ3) is 4.23. The summed E-state index contributed by atoms with van der Waals surface area (Å²) in [7, 11) is 0. The highest BCUT2D eigenvalue weighted by atomic mass is 16.4. The lowest BCUT2D eigenvalue weighted by Crippen LogP contribution is -2.49. The second-order valence-corrected chi connectivity index (χ2v) is 5.01. The van der Waals surface area contributed by atoms with Gasteiger partial charge in [0.2, 0.25) is 0 Å². The van der Waals surface area contributed by atoms with Gasteiger partial charge in [0, 0.05) is 12.6 Å². The molecule has 20 heavy (non-hydrogen) atoms. The first-order chi connectivity index (χ1) is 9.53. The van der Waals surface area contributed by atoms with Crippen molar-refractivity contribution in [2.24, 2.45) is 5.92 Å². The molecule has 0 aromatic heterocycles. The molecule has 1 aliphatic carbocycles. The van der Waals surface area contributed by atoms with E-state index >= 15 is 0 Å². The summed E-state index contributed by atoms with van der Waals surface area (Å²) in [5.74, 6) is -1.40. The summed E-state index contributed by atoms with van der Waals surface area (Å²) >= 11 is 0. The van der Waals surface area contributed by atoms with E-state index in [1.165, 1.54) is 0 Å². The second-order valence-electron chi connectivity index (χ2n) is 5.01. The van der Waals surface area contributed by atoms with Gasteiger partial charge in [-0.15, -0.1) is 0 Å². The Morgan fingerprint density at radius 3 is 2.45 bits per heavy atom. The van der Waals surface area contributed by atoms with Crippen LogP contribution in [0.25, 0.3) is 0 Å². The highest BCUT2D eigenvalue weighted by molar-refractivity contribution is 5.76. The number of urea groups is 1. The molecule has 1 aliphatic rings. The van der Waals surface area contributed by atoms with Crippen LogP contribution in [0.15, 0.2) is 12.2 Å². The fourth-order valence-corrected chi connectivity index (χ4v) is 2.52. The summed E-state index contributed by atoms with van der Waals surface area (Å²) in [4.78, 5) is 24.7. The number of carbonyl (C=O) groups excluding carboxylic acids is 1. The number of carboxylic acids is 1. The predicted octanol–water partition coefficient (Wildman–Crippen LogP) is 1.21. The number of amides is 2. The van der Waals surface area contributed by atoms with Gasteiger partial charge in [-0.3, -0.25) is 4.79 Å². The van der Waals surface area contributed by atoms with Gasteiger partial charge in [-0.05, 0) is 19.3 Å². The molecule has 114 valence electrons. The molecule has 0 aliphatic heterocycles. The largest absolute Gasteiger partial charge is 0.481 e. The van der Waals surface area contributed by atoms with Crippen LogP contribution in [0.1, 0.15) is 33.1 Å². The normalized spacial score (nSPS) is 21.2. The highest BCUT2D eigenvalue weighted by Gasteiger charge is 2.28. The Bertz CT molecular complexity index is 366. The van der Waals surface area contributed by atoms with Crippen LogP contribution in [0.3, 0.4) is 0 Å². The van der Waals surface area contributed by atoms with E-state index in [9.17, 15) is 9.59 Å². The van der Waals surface area contributed by atoms with Gasteiger partial charge >= 0.3 is 12.0 Å². The van der Waals surface area contributed by atoms with Crippen LogP contribution in [0.5, 0.6) is 0 Å². The number of aliphatic hydroxyl groups excluding tert-OH is 1. The van der Waals surface area contributed by atoms with Crippen LogP contribution in [-0.4, -0.2) is 52.3 Å². The standard InChI is InChI=1S/C14H24N2O4/c1-3-12(4-2)16(7-8-17)14(20)15-11-6-5-10(9-11)13(18)19/h5-6,10-12,17H,3-4,7-9H2,1-2H3,(H,15,20)(H,18,19). The van der Waals surface area contributed by atoms with Gasteiger partial charge in [0.25, 0.3) is 0 Å². The molecule has 6 nitrogen and oxygen atoms in total. The Morgan fingerprint density at radius 1 is 1.35 bits per heavy atom. The van der Waals surface area contributed by atoms with Crippen molar-refractivity contribution >= 4 is 12.0 Å². The van der Waals surface area contributed by atoms with Crippen molar-refractivity contribution in [3.05, 3.63) is 12.2 Å². The number of carbonyl (C=O) groups is 2. The minimum Gasteiger partial charge on any atom is -0.481 e. The first kappa shape index (κ1) is 16.5. The number of hydrogen-bond acceptors (Lipinski definition) is 3. The molecule has 0 spiro atoms. The van der Waals surface area contributed by atoms with Gasteiger partial charge in [-0.25, -0.2) is 4.79 Å². The van der Waals surface area contributed by atoms with E-state index < -0.39 is 11.9 Å². The first-order valence-corrected chi connectivity index (χ1v) is 7.12. The van der Waals surface area contributed by atoms with E-state index in [0.29, 0.717) is 6.42 Å². The van der Waals surface area contributed by atoms with Crippen molar-refractivity contribution in [2.75, 3.05) is 13.2 Å². The lowest BCUT2D eigenvalue weighted by Gasteiger charge is -2.31. The Balaban J connectivity index is 2.59. The smallest absolute Gasteiger partial charge is 0.318 e. The molecule has 0 bridgehead atoms. The van der Waals surface area contributed by atoms with Crippen LogP contribution >= 0.6 is 0 Å². The Kier molecular flexibility index (Phi) is 6.51. The number of rotatable bonds is 7. The summed E-state index contributed by atoms with van der Waals surface area (Å²) in [6.45, 7) is 4.21. The molecule has 2 atom stereocenters. The van der Waals surface area contributed by atoms with Crippen LogP contribution in [0, 0.1) is 5.92 Å². The minimum absolute atomic E-state index is 0.0812. The molecule has 6 heteroatoms. The van der Waals surface area contributed by atoms with Crippen molar-refractivity contribution < 1.29 is 19.8 Å². The molecule has 0 saturated heterocycles. The van der Waals surface area contributed by atoms with E-state index in [4.69, 9.17) is 10.2 Å². The summed E-state index contributed by atoms with van der Waals surface area (Å²) in [5, 5.41) is 20.8. The van der Waals surface area contributed by atoms with Gasteiger partial charge in [-0.1, -0.05) is 26.0 Å². The van der Waals surface area contributed by atoms with Crippen molar-refractivity contribution in [1.29, 1.82) is 0 Å². The number of hydrogen-bond donors (Lipinski definition) is 3. The highest BCUT2D eigenvalue weighted by Crippen LogP contribution is 2.18. The quantitative estimate of drug-likeness (QED) is 0.613. The molecular formula is C14H24N2O4. The molecule has 0 heterocycles. The van der Waals surface area contributed by atoms with Crippen LogP contribution in [0.2, 0.25) is 0 Å². The number of carboxylic acid groups (broad SMARTS) is 1. The zero-order valence-electron chi connectivity index (χ0n) is 12.1. The van der Waals surface area contributed by atoms with E-state index in [0.717, 1.165) is 12.8 Å². The second kappa shape index (κ2) is 7.89. The molecule has 2 amide bonds. The van der Waals surface area contributed by atoms with E-state index in [1.807, 2.05) is 13.8 Å². The lowest BCUT2D eigenvalue weighted by molar-refractivity contribution is -0.140. The molecule has 2 unspecified atom stereocenters. The molecule has 3 N–H and O–H groups in total. The maximum atomic E-state index is 12.2. The number of aliphatic hydroxyl groups is 1. The summed E-state index contributed by atoms with van der Waals surface area (Å²) in [6.07, 6.45) is 5.36.